The molecule has 0 unspecified atom stereocenters. The number of hydrogen-bond donors (Lipinski definition) is 2. The lowest BCUT2D eigenvalue weighted by molar-refractivity contribution is -0.140. The summed E-state index contributed by atoms with van der Waals surface area (Å²) in [5.41, 5.74) is -0.0738. The molecule has 2 aromatic rings. The topological polar surface area (TPSA) is 90.2 Å². The first-order valence-electron chi connectivity index (χ1n) is 10.5. The van der Waals surface area contributed by atoms with Crippen LogP contribution in [0.2, 0.25) is 0 Å². The maximum absolute atomic E-state index is 14.6. The van der Waals surface area contributed by atoms with Crippen molar-refractivity contribution in [2.24, 2.45) is 10.1 Å². The molecule has 7 nitrogen and oxygen atoms in total. The van der Waals surface area contributed by atoms with Crippen LogP contribution in [0, 0.1) is 5.82 Å². The number of halogens is 4. The minimum atomic E-state index is -4.85. The fourth-order valence-electron chi connectivity index (χ4n) is 3.80. The highest BCUT2D eigenvalue weighted by molar-refractivity contribution is 6.28. The number of pyridine rings is 1. The Hall–Kier alpha value is -3.60. The molecule has 0 saturated carbocycles. The number of aliphatic hydroxyl groups excluding tert-OH is 1. The number of fused-ring (bicyclic) bond motifs is 1. The number of carbonyl (C=O) groups is 1. The van der Waals surface area contributed by atoms with Crippen LogP contribution < -0.4 is 5.32 Å². The third-order valence-corrected chi connectivity index (χ3v) is 5.44. The van der Waals surface area contributed by atoms with Crippen LogP contribution in [0.15, 0.2) is 58.3 Å². The number of aliphatic imine (C=N–C) groups is 1. The van der Waals surface area contributed by atoms with Crippen LogP contribution in [0.1, 0.15) is 42.3 Å². The maximum Gasteiger partial charge on any atom is 0.419 e. The van der Waals surface area contributed by atoms with Crippen molar-refractivity contribution in [3.8, 4) is 0 Å². The second-order valence-corrected chi connectivity index (χ2v) is 8.02. The Balaban J connectivity index is 1.65. The molecule has 0 spiro atoms. The monoisotopic (exact) mass is 475 g/mol. The standard InChI is InChI=1S/C23H21F4N5O2/c1-12-10-32-21(29-12)17(9-19(31-32)14-6-7-28-15(8-14)11-33)22(34)30-13(2)16-4-3-5-18(20(16)24)23(25,26)27/h3-9,12-13,33H,10-11H2,1-2H3,(H,30,34)/t12-,13-/m1/s1. The number of amides is 1. The van der Waals surface area contributed by atoms with Crippen LogP contribution in [0.4, 0.5) is 17.6 Å². The number of benzene rings is 1. The van der Waals surface area contributed by atoms with Gasteiger partial charge < -0.3 is 10.4 Å². The van der Waals surface area contributed by atoms with E-state index in [0.717, 1.165) is 6.07 Å². The molecule has 2 aliphatic heterocycles. The molecule has 34 heavy (non-hydrogen) atoms. The maximum atomic E-state index is 14.6. The highest BCUT2D eigenvalue weighted by Crippen LogP contribution is 2.34. The van der Waals surface area contributed by atoms with Gasteiger partial charge in [0.1, 0.15) is 5.82 Å². The van der Waals surface area contributed by atoms with Crippen molar-refractivity contribution in [2.75, 3.05) is 6.54 Å². The van der Waals surface area contributed by atoms with E-state index >= 15 is 0 Å². The van der Waals surface area contributed by atoms with Gasteiger partial charge in [-0.05, 0) is 38.1 Å². The van der Waals surface area contributed by atoms with Crippen LogP contribution in [0.5, 0.6) is 0 Å². The van der Waals surface area contributed by atoms with Crippen molar-refractivity contribution < 1.29 is 27.5 Å². The molecule has 0 fully saturated rings. The summed E-state index contributed by atoms with van der Waals surface area (Å²) in [7, 11) is 0. The van der Waals surface area contributed by atoms with Crippen molar-refractivity contribution in [2.45, 2.75) is 38.7 Å². The van der Waals surface area contributed by atoms with Crippen LogP contribution in [0.25, 0.3) is 0 Å². The largest absolute Gasteiger partial charge is 0.419 e. The normalized spacial score (nSPS) is 18.6. The number of carbonyl (C=O) groups excluding carboxylic acids is 1. The van der Waals surface area contributed by atoms with Gasteiger partial charge in [-0.25, -0.2) is 9.40 Å². The molecule has 4 rings (SSSR count). The number of rotatable bonds is 5. The number of aliphatic hydroxyl groups is 1. The summed E-state index contributed by atoms with van der Waals surface area (Å²) >= 11 is 0. The van der Waals surface area contributed by atoms with Gasteiger partial charge in [0, 0.05) is 17.3 Å². The summed E-state index contributed by atoms with van der Waals surface area (Å²) in [4.78, 5) is 21.7. The first-order valence-corrected chi connectivity index (χ1v) is 10.5. The summed E-state index contributed by atoms with van der Waals surface area (Å²) in [6.07, 6.45) is -1.84. The lowest BCUT2D eigenvalue weighted by atomic mass is 10.0. The van der Waals surface area contributed by atoms with Gasteiger partial charge in [0.2, 0.25) is 0 Å². The fraction of sp³-hybridized carbons (Fsp3) is 0.304. The first-order chi connectivity index (χ1) is 16.1. The van der Waals surface area contributed by atoms with Gasteiger partial charge in [0.05, 0.1) is 47.8 Å². The SMILES string of the molecule is C[C@@H]1CN2N=C(c3ccnc(CO)c3)C=C(C(=O)N[C@H](C)c3cccc(C(F)(F)F)c3F)C2=N1. The average molecular weight is 475 g/mol. The molecule has 0 saturated heterocycles. The number of hydrogen-bond acceptors (Lipinski definition) is 6. The van der Waals surface area contributed by atoms with E-state index in [2.05, 4.69) is 20.4 Å². The zero-order valence-corrected chi connectivity index (χ0v) is 18.3. The second-order valence-electron chi connectivity index (χ2n) is 8.02. The number of nitrogens with zero attached hydrogens (tertiary/aromatic N) is 4. The van der Waals surface area contributed by atoms with Gasteiger partial charge in [-0.15, -0.1) is 0 Å². The van der Waals surface area contributed by atoms with Gasteiger partial charge in [-0.3, -0.25) is 14.8 Å². The van der Waals surface area contributed by atoms with Gasteiger partial charge in [-0.2, -0.15) is 18.3 Å². The van der Waals surface area contributed by atoms with Crippen molar-refractivity contribution in [1.29, 1.82) is 0 Å². The van der Waals surface area contributed by atoms with Gasteiger partial charge in [-0.1, -0.05) is 12.1 Å². The van der Waals surface area contributed by atoms with E-state index in [1.807, 2.05) is 6.92 Å². The highest BCUT2D eigenvalue weighted by Gasteiger charge is 2.36. The Bertz CT molecular complexity index is 1220. The van der Waals surface area contributed by atoms with Crippen LogP contribution in [0.3, 0.4) is 0 Å². The van der Waals surface area contributed by atoms with Crippen LogP contribution in [-0.4, -0.2) is 45.1 Å². The van der Waals surface area contributed by atoms with E-state index in [1.54, 1.807) is 17.1 Å². The Kier molecular flexibility index (Phi) is 6.22. The molecule has 0 bridgehead atoms. The van der Waals surface area contributed by atoms with Crippen molar-refractivity contribution >= 4 is 17.5 Å². The van der Waals surface area contributed by atoms with Gasteiger partial charge in [0.25, 0.3) is 5.91 Å². The first kappa shape index (κ1) is 23.6. The van der Waals surface area contributed by atoms with E-state index in [-0.39, 0.29) is 23.8 Å². The number of nitrogens with one attached hydrogen (secondary N) is 1. The molecule has 11 heteroatoms. The molecular weight excluding hydrogens is 454 g/mol. The zero-order valence-electron chi connectivity index (χ0n) is 18.3. The lowest BCUT2D eigenvalue weighted by Crippen LogP contribution is -2.38. The number of alkyl halides is 3. The third kappa shape index (κ3) is 4.56. The molecule has 2 aliphatic rings. The number of allylic oxidation sites excluding steroid dienone is 1. The highest BCUT2D eigenvalue weighted by atomic mass is 19.4. The minimum absolute atomic E-state index is 0.141. The Morgan fingerprint density at radius 2 is 2.09 bits per heavy atom. The number of amidine groups is 1. The summed E-state index contributed by atoms with van der Waals surface area (Å²) in [6.45, 7) is 3.42. The molecular formula is C23H21F4N5O2. The van der Waals surface area contributed by atoms with Crippen LogP contribution >= 0.6 is 0 Å². The molecule has 2 atom stereocenters. The molecule has 178 valence electrons. The fourth-order valence-corrected chi connectivity index (χ4v) is 3.80. The number of hydrazone groups is 1. The summed E-state index contributed by atoms with van der Waals surface area (Å²) < 4.78 is 53.9. The third-order valence-electron chi connectivity index (χ3n) is 5.44. The molecule has 1 aromatic heterocycles. The summed E-state index contributed by atoms with van der Waals surface area (Å²) in [5, 5.41) is 18.1. The van der Waals surface area contributed by atoms with Crippen LogP contribution in [-0.2, 0) is 17.6 Å². The average Bonchev–Trinajstić information content (AvgIpc) is 3.17. The van der Waals surface area contributed by atoms with Crippen molar-refractivity contribution in [1.82, 2.24) is 15.3 Å². The second kappa shape index (κ2) is 8.98. The van der Waals surface area contributed by atoms with Crippen molar-refractivity contribution in [3.63, 3.8) is 0 Å². The predicted octanol–water partition coefficient (Wildman–Crippen LogP) is 3.36. The molecule has 3 heterocycles. The minimum Gasteiger partial charge on any atom is -0.390 e. The smallest absolute Gasteiger partial charge is 0.390 e. The summed E-state index contributed by atoms with van der Waals surface area (Å²) in [6, 6.07) is 5.07. The zero-order chi connectivity index (χ0) is 24.6. The molecule has 1 amide bonds. The van der Waals surface area contributed by atoms with E-state index in [1.165, 1.54) is 25.3 Å². The molecule has 2 N–H and O–H groups in total. The van der Waals surface area contributed by atoms with E-state index in [4.69, 9.17) is 0 Å². The Labute approximate surface area is 192 Å². The van der Waals surface area contributed by atoms with Gasteiger partial charge >= 0.3 is 6.18 Å². The van der Waals surface area contributed by atoms with E-state index in [9.17, 15) is 27.5 Å². The van der Waals surface area contributed by atoms with Crippen molar-refractivity contribution in [3.05, 3.63) is 76.4 Å². The Morgan fingerprint density at radius 1 is 1.32 bits per heavy atom. The number of aromatic nitrogens is 1. The molecule has 0 aliphatic carbocycles. The molecule has 0 radical (unpaired) electrons. The van der Waals surface area contributed by atoms with Gasteiger partial charge in [0.15, 0.2) is 5.84 Å². The summed E-state index contributed by atoms with van der Waals surface area (Å²) in [5.74, 6) is -1.74. The molecule has 1 aromatic carbocycles. The lowest BCUT2D eigenvalue weighted by Gasteiger charge is -2.24. The van der Waals surface area contributed by atoms with E-state index < -0.39 is 29.5 Å². The quantitative estimate of drug-likeness (QED) is 0.649. The van der Waals surface area contributed by atoms with E-state index in [0.29, 0.717) is 35.4 Å². The predicted molar refractivity (Wildman–Crippen MR) is 116 cm³/mol. The Morgan fingerprint density at radius 3 is 2.79 bits per heavy atom.